The van der Waals surface area contributed by atoms with Crippen LogP contribution in [-0.4, -0.2) is 42.8 Å². The predicted octanol–water partition coefficient (Wildman–Crippen LogP) is 2.15. The van der Waals surface area contributed by atoms with Crippen molar-refractivity contribution in [2.75, 3.05) is 13.1 Å². The van der Waals surface area contributed by atoms with E-state index in [1.54, 1.807) is 18.2 Å². The van der Waals surface area contributed by atoms with E-state index in [0.717, 1.165) is 16.2 Å². The molecule has 0 bridgehead atoms. The summed E-state index contributed by atoms with van der Waals surface area (Å²) in [6.07, 6.45) is 0.799. The lowest BCUT2D eigenvalue weighted by molar-refractivity contribution is -0.119. The Morgan fingerprint density at radius 2 is 2.07 bits per heavy atom. The fourth-order valence-electron chi connectivity index (χ4n) is 2.75. The van der Waals surface area contributed by atoms with Crippen molar-refractivity contribution in [3.05, 3.63) is 41.2 Å². The normalized spacial score (nSPS) is 16.2. The number of hydrogen-bond donors (Lipinski definition) is 1. The Balaban J connectivity index is 1.58. The molecule has 0 spiro atoms. The molecule has 0 radical (unpaired) electrons. The van der Waals surface area contributed by atoms with E-state index in [0.29, 0.717) is 32.5 Å². The summed E-state index contributed by atoms with van der Waals surface area (Å²) in [5.74, 6) is -0.569. The lowest BCUT2D eigenvalue weighted by atomic mass is 10.1. The molecule has 3 heterocycles. The van der Waals surface area contributed by atoms with Crippen LogP contribution in [0.4, 0.5) is 4.39 Å². The molecule has 0 saturated carbocycles. The zero-order chi connectivity index (χ0) is 19.4. The highest BCUT2D eigenvalue weighted by molar-refractivity contribution is 7.91. The molecule has 10 heteroatoms. The molecule has 2 aromatic heterocycles. The van der Waals surface area contributed by atoms with E-state index >= 15 is 0 Å². The summed E-state index contributed by atoms with van der Waals surface area (Å²) in [6.45, 7) is 2.37. The summed E-state index contributed by atoms with van der Waals surface area (Å²) in [5.41, 5.74) is 0. The van der Waals surface area contributed by atoms with Crippen molar-refractivity contribution in [1.29, 1.82) is 0 Å². The van der Waals surface area contributed by atoms with E-state index in [1.165, 1.54) is 23.4 Å². The maximum atomic E-state index is 13.1. The summed E-state index contributed by atoms with van der Waals surface area (Å²) < 4.78 is 46.1. The number of carbonyl (C=O) groups is 1. The Labute approximate surface area is 161 Å². The largest absolute Gasteiger partial charge is 0.474 e. The summed E-state index contributed by atoms with van der Waals surface area (Å²) >= 11 is 1.15. The van der Waals surface area contributed by atoms with Gasteiger partial charge in [-0.1, -0.05) is 6.07 Å². The third-order valence-corrected chi connectivity index (χ3v) is 7.57. The number of thiophene rings is 1. The van der Waals surface area contributed by atoms with E-state index in [1.807, 2.05) is 0 Å². The number of ether oxygens (including phenoxy) is 1. The van der Waals surface area contributed by atoms with Crippen LogP contribution in [0, 0.1) is 5.95 Å². The van der Waals surface area contributed by atoms with E-state index < -0.39 is 16.0 Å². The highest BCUT2D eigenvalue weighted by Crippen LogP contribution is 2.28. The summed E-state index contributed by atoms with van der Waals surface area (Å²) in [7, 11) is -3.57. The number of rotatable bonds is 6. The molecule has 1 N–H and O–H groups in total. The first-order valence-electron chi connectivity index (χ1n) is 8.47. The van der Waals surface area contributed by atoms with E-state index in [2.05, 4.69) is 10.3 Å². The van der Waals surface area contributed by atoms with Crippen molar-refractivity contribution in [2.24, 2.45) is 0 Å². The minimum Gasteiger partial charge on any atom is -0.474 e. The van der Waals surface area contributed by atoms with Gasteiger partial charge in [-0.2, -0.15) is 13.7 Å². The van der Waals surface area contributed by atoms with Crippen LogP contribution >= 0.6 is 11.3 Å². The second kappa shape index (κ2) is 8.32. The molecule has 27 heavy (non-hydrogen) atoms. The van der Waals surface area contributed by atoms with Crippen LogP contribution in [0.15, 0.2) is 34.5 Å². The highest BCUT2D eigenvalue weighted by atomic mass is 32.2. The lowest BCUT2D eigenvalue weighted by Crippen LogP contribution is -2.41. The monoisotopic (exact) mass is 413 g/mol. The topological polar surface area (TPSA) is 88.6 Å². The van der Waals surface area contributed by atoms with E-state index in [9.17, 15) is 17.6 Å². The van der Waals surface area contributed by atoms with Gasteiger partial charge in [0, 0.05) is 31.0 Å². The molecule has 1 saturated heterocycles. The number of nitrogens with zero attached hydrogens (tertiary/aromatic N) is 2. The van der Waals surface area contributed by atoms with E-state index in [4.69, 9.17) is 4.74 Å². The number of halogens is 1. The van der Waals surface area contributed by atoms with Gasteiger partial charge in [-0.15, -0.1) is 11.3 Å². The zero-order valence-corrected chi connectivity index (χ0v) is 16.4. The first kappa shape index (κ1) is 19.7. The van der Waals surface area contributed by atoms with Crippen molar-refractivity contribution in [3.8, 4) is 5.88 Å². The second-order valence-electron chi connectivity index (χ2n) is 6.15. The molecule has 2 aromatic rings. The van der Waals surface area contributed by atoms with Gasteiger partial charge >= 0.3 is 0 Å². The highest BCUT2D eigenvalue weighted by Gasteiger charge is 2.31. The second-order valence-corrected chi connectivity index (χ2v) is 9.48. The van der Waals surface area contributed by atoms with Crippen LogP contribution in [0.5, 0.6) is 5.88 Å². The smallest absolute Gasteiger partial charge is 0.252 e. The fraction of sp³-hybridized carbons (Fsp3) is 0.412. The number of piperidine rings is 1. The Kier molecular flexibility index (Phi) is 6.08. The van der Waals surface area contributed by atoms with Gasteiger partial charge in [0.15, 0.2) is 0 Å². The number of sulfonamides is 1. The van der Waals surface area contributed by atoms with Crippen molar-refractivity contribution in [1.82, 2.24) is 14.6 Å². The van der Waals surface area contributed by atoms with Gasteiger partial charge in [0.05, 0.1) is 6.54 Å². The average molecular weight is 413 g/mol. The lowest BCUT2D eigenvalue weighted by Gasteiger charge is -2.30. The summed E-state index contributed by atoms with van der Waals surface area (Å²) in [4.78, 5) is 15.4. The van der Waals surface area contributed by atoms with Gasteiger partial charge in [0.1, 0.15) is 10.3 Å². The quantitative estimate of drug-likeness (QED) is 0.733. The van der Waals surface area contributed by atoms with Gasteiger partial charge < -0.3 is 10.1 Å². The Morgan fingerprint density at radius 1 is 1.33 bits per heavy atom. The molecule has 1 aliphatic rings. The average Bonchev–Trinajstić information content (AvgIpc) is 3.10. The molecule has 1 amide bonds. The number of nitrogens with one attached hydrogen (secondary N) is 1. The van der Waals surface area contributed by atoms with Crippen molar-refractivity contribution in [2.45, 2.75) is 36.6 Å². The van der Waals surface area contributed by atoms with Crippen molar-refractivity contribution < 1.29 is 22.3 Å². The van der Waals surface area contributed by atoms with Crippen molar-refractivity contribution in [3.63, 3.8) is 0 Å². The number of pyridine rings is 1. The van der Waals surface area contributed by atoms with Crippen LogP contribution in [0.1, 0.15) is 24.6 Å². The Morgan fingerprint density at radius 3 is 2.74 bits per heavy atom. The van der Waals surface area contributed by atoms with Gasteiger partial charge in [-0.05, 0) is 31.0 Å². The van der Waals surface area contributed by atoms with Crippen LogP contribution in [0.3, 0.4) is 0 Å². The molecule has 7 nitrogen and oxygen atoms in total. The van der Waals surface area contributed by atoms with Gasteiger partial charge in [-0.3, -0.25) is 4.79 Å². The first-order valence-corrected chi connectivity index (χ1v) is 10.7. The summed E-state index contributed by atoms with van der Waals surface area (Å²) in [6, 6.07) is 7.61. The number of aromatic nitrogens is 1. The van der Waals surface area contributed by atoms with E-state index in [-0.39, 0.29) is 22.1 Å². The molecular formula is C17H20FN3O4S2. The first-order chi connectivity index (χ1) is 12.8. The molecular weight excluding hydrogens is 393 g/mol. The molecule has 0 unspecified atom stereocenters. The minimum absolute atomic E-state index is 0.164. The molecule has 0 aliphatic carbocycles. The Bertz CT molecular complexity index is 908. The third kappa shape index (κ3) is 5.02. The summed E-state index contributed by atoms with van der Waals surface area (Å²) in [5, 5.41) is 2.65. The Hall–Kier alpha value is -2.04. The van der Waals surface area contributed by atoms with Gasteiger partial charge in [0.25, 0.3) is 10.0 Å². The maximum Gasteiger partial charge on any atom is 0.252 e. The van der Waals surface area contributed by atoms with Crippen LogP contribution < -0.4 is 10.1 Å². The van der Waals surface area contributed by atoms with Crippen LogP contribution in [-0.2, 0) is 21.4 Å². The van der Waals surface area contributed by atoms with Gasteiger partial charge in [0.2, 0.25) is 17.7 Å². The third-order valence-electron chi connectivity index (χ3n) is 4.12. The van der Waals surface area contributed by atoms with Gasteiger partial charge in [-0.25, -0.2) is 8.42 Å². The van der Waals surface area contributed by atoms with Crippen LogP contribution in [0.2, 0.25) is 0 Å². The molecule has 3 rings (SSSR count). The molecule has 1 aliphatic heterocycles. The fourth-order valence-corrected chi connectivity index (χ4v) is 5.67. The number of amides is 1. The SMILES string of the molecule is CC(=O)NCc1ccc(S(=O)(=O)N2CCC(Oc3cccc(F)n3)CC2)s1. The number of carbonyl (C=O) groups excluding carboxylic acids is 1. The number of hydrogen-bond acceptors (Lipinski definition) is 6. The van der Waals surface area contributed by atoms with Crippen molar-refractivity contribution >= 4 is 27.3 Å². The molecule has 146 valence electrons. The molecule has 0 aromatic carbocycles. The van der Waals surface area contributed by atoms with Crippen LogP contribution in [0.25, 0.3) is 0 Å². The maximum absolute atomic E-state index is 13.1. The standard InChI is InChI=1S/C17H20FN3O4S2/c1-12(22)19-11-14-5-6-17(26-14)27(23,24)21-9-7-13(8-10-21)25-16-4-2-3-15(18)20-16/h2-6,13H,7-11H2,1H3,(H,19,22). The zero-order valence-electron chi connectivity index (χ0n) is 14.7. The minimum atomic E-state index is -3.57. The molecule has 0 atom stereocenters. The predicted molar refractivity (Wildman–Crippen MR) is 98.4 cm³/mol. The molecule has 1 fully saturated rings.